The Bertz CT molecular complexity index is 813. The number of hydrogen-bond donors (Lipinski definition) is 1. The summed E-state index contributed by atoms with van der Waals surface area (Å²) in [6.45, 7) is 2.73. The fourth-order valence-electron chi connectivity index (χ4n) is 3.36. The van der Waals surface area contributed by atoms with Gasteiger partial charge in [-0.05, 0) is 43.3 Å². The first-order chi connectivity index (χ1) is 11.7. The zero-order valence-electron chi connectivity index (χ0n) is 14.3. The van der Waals surface area contributed by atoms with Crippen molar-refractivity contribution >= 4 is 10.9 Å². The van der Waals surface area contributed by atoms with Crippen molar-refractivity contribution in [1.29, 1.82) is 0 Å². The Balaban J connectivity index is 2.19. The third kappa shape index (κ3) is 3.07. The maximum absolute atomic E-state index is 13.7. The van der Waals surface area contributed by atoms with Gasteiger partial charge >= 0.3 is 0 Å². The number of benzene rings is 2. The summed E-state index contributed by atoms with van der Waals surface area (Å²) in [6, 6.07) is 15.3. The summed E-state index contributed by atoms with van der Waals surface area (Å²) >= 11 is 0. The summed E-state index contributed by atoms with van der Waals surface area (Å²) in [5, 5.41) is 4.14. The molecule has 0 fully saturated rings. The molecule has 126 valence electrons. The molecule has 0 bridgehead atoms. The molecule has 2 aromatic carbocycles. The lowest BCUT2D eigenvalue weighted by molar-refractivity contribution is 0.0722. The van der Waals surface area contributed by atoms with Gasteiger partial charge in [0.15, 0.2) is 0 Å². The molecule has 1 aromatic heterocycles. The van der Waals surface area contributed by atoms with E-state index in [1.807, 2.05) is 38.2 Å². The Morgan fingerprint density at radius 3 is 2.58 bits per heavy atom. The van der Waals surface area contributed by atoms with Crippen molar-refractivity contribution in [1.82, 2.24) is 9.88 Å². The SMILES string of the molecule is CNCC(OC)C(c1ccccc1)n1cc(C)c2cc(F)ccc21. The van der Waals surface area contributed by atoms with Gasteiger partial charge in [0.25, 0.3) is 0 Å². The average Bonchev–Trinajstić information content (AvgIpc) is 2.91. The average molecular weight is 326 g/mol. The minimum atomic E-state index is -0.210. The van der Waals surface area contributed by atoms with E-state index in [-0.39, 0.29) is 18.0 Å². The third-order valence-corrected chi connectivity index (χ3v) is 4.50. The summed E-state index contributed by atoms with van der Waals surface area (Å²) in [5.74, 6) is -0.210. The molecule has 0 radical (unpaired) electrons. The van der Waals surface area contributed by atoms with Gasteiger partial charge in [0.1, 0.15) is 5.82 Å². The van der Waals surface area contributed by atoms with Gasteiger partial charge in [-0.15, -0.1) is 0 Å². The number of nitrogens with one attached hydrogen (secondary N) is 1. The molecule has 0 aliphatic carbocycles. The highest BCUT2D eigenvalue weighted by Gasteiger charge is 2.26. The minimum Gasteiger partial charge on any atom is -0.378 e. The van der Waals surface area contributed by atoms with Crippen LogP contribution < -0.4 is 5.32 Å². The Labute approximate surface area is 142 Å². The van der Waals surface area contributed by atoms with Gasteiger partial charge in [0, 0.05) is 30.8 Å². The number of aromatic nitrogens is 1. The molecule has 0 amide bonds. The predicted octanol–water partition coefficient (Wildman–Crippen LogP) is 3.91. The Morgan fingerprint density at radius 2 is 1.92 bits per heavy atom. The number of fused-ring (bicyclic) bond motifs is 1. The van der Waals surface area contributed by atoms with Crippen LogP contribution in [0.2, 0.25) is 0 Å². The topological polar surface area (TPSA) is 26.2 Å². The van der Waals surface area contributed by atoms with E-state index in [1.54, 1.807) is 13.2 Å². The van der Waals surface area contributed by atoms with E-state index >= 15 is 0 Å². The van der Waals surface area contributed by atoms with Crippen molar-refractivity contribution < 1.29 is 9.13 Å². The molecular formula is C20H23FN2O. The van der Waals surface area contributed by atoms with Crippen LogP contribution in [0.5, 0.6) is 0 Å². The van der Waals surface area contributed by atoms with E-state index in [0.717, 1.165) is 23.0 Å². The highest BCUT2D eigenvalue weighted by molar-refractivity contribution is 5.84. The highest BCUT2D eigenvalue weighted by Crippen LogP contribution is 2.31. The summed E-state index contributed by atoms with van der Waals surface area (Å²) in [7, 11) is 3.65. The van der Waals surface area contributed by atoms with Crippen molar-refractivity contribution in [2.45, 2.75) is 19.1 Å². The van der Waals surface area contributed by atoms with E-state index in [4.69, 9.17) is 4.74 Å². The maximum Gasteiger partial charge on any atom is 0.123 e. The lowest BCUT2D eigenvalue weighted by Gasteiger charge is -2.28. The summed E-state index contributed by atoms with van der Waals surface area (Å²) < 4.78 is 21.6. The van der Waals surface area contributed by atoms with Crippen LogP contribution in [0.25, 0.3) is 10.9 Å². The molecule has 0 aliphatic heterocycles. The molecule has 1 N–H and O–H groups in total. The van der Waals surface area contributed by atoms with Crippen LogP contribution in [0.1, 0.15) is 17.2 Å². The van der Waals surface area contributed by atoms with E-state index in [2.05, 4.69) is 28.2 Å². The van der Waals surface area contributed by atoms with Crippen LogP contribution in [-0.4, -0.2) is 31.4 Å². The first kappa shape index (κ1) is 16.7. The van der Waals surface area contributed by atoms with E-state index < -0.39 is 0 Å². The van der Waals surface area contributed by atoms with E-state index in [9.17, 15) is 4.39 Å². The monoisotopic (exact) mass is 326 g/mol. The molecule has 0 saturated carbocycles. The number of hydrogen-bond acceptors (Lipinski definition) is 2. The number of halogens is 1. The van der Waals surface area contributed by atoms with Crippen LogP contribution in [0.4, 0.5) is 4.39 Å². The van der Waals surface area contributed by atoms with Gasteiger partial charge in [-0.25, -0.2) is 4.39 Å². The molecule has 3 aromatic rings. The molecular weight excluding hydrogens is 303 g/mol. The second-order valence-corrected chi connectivity index (χ2v) is 6.07. The lowest BCUT2D eigenvalue weighted by atomic mass is 10.0. The van der Waals surface area contributed by atoms with Crippen molar-refractivity contribution in [3.63, 3.8) is 0 Å². The minimum absolute atomic E-state index is 0.00492. The molecule has 24 heavy (non-hydrogen) atoms. The normalized spacial score (nSPS) is 14.0. The van der Waals surface area contributed by atoms with Gasteiger partial charge < -0.3 is 14.6 Å². The zero-order chi connectivity index (χ0) is 17.1. The lowest BCUT2D eigenvalue weighted by Crippen LogP contribution is -2.35. The van der Waals surface area contributed by atoms with Gasteiger partial charge in [-0.2, -0.15) is 0 Å². The molecule has 2 unspecified atom stereocenters. The number of nitrogens with zero attached hydrogens (tertiary/aromatic N) is 1. The van der Waals surface area contributed by atoms with E-state index in [0.29, 0.717) is 0 Å². The Kier molecular flexibility index (Phi) is 4.97. The third-order valence-electron chi connectivity index (χ3n) is 4.50. The van der Waals surface area contributed by atoms with Crippen LogP contribution in [0, 0.1) is 12.7 Å². The van der Waals surface area contributed by atoms with E-state index in [1.165, 1.54) is 11.6 Å². The largest absolute Gasteiger partial charge is 0.378 e. The molecule has 2 atom stereocenters. The molecule has 4 heteroatoms. The van der Waals surface area contributed by atoms with Crippen LogP contribution in [0.15, 0.2) is 54.7 Å². The van der Waals surface area contributed by atoms with Gasteiger partial charge in [0.05, 0.1) is 12.1 Å². The van der Waals surface area contributed by atoms with Gasteiger partial charge in [-0.3, -0.25) is 0 Å². The molecule has 1 heterocycles. The first-order valence-electron chi connectivity index (χ1n) is 8.14. The van der Waals surface area contributed by atoms with Crippen molar-refractivity contribution in [3.05, 3.63) is 71.7 Å². The second-order valence-electron chi connectivity index (χ2n) is 6.07. The number of ether oxygens (including phenoxy) is 1. The van der Waals surface area contributed by atoms with Gasteiger partial charge in [0.2, 0.25) is 0 Å². The Hall–Kier alpha value is -2.17. The standard InChI is InChI=1S/C20H23FN2O/c1-14-13-23(18-10-9-16(21)11-17(14)18)20(19(24-3)12-22-2)15-7-5-4-6-8-15/h4-11,13,19-20,22H,12H2,1-3H3. The number of aryl methyl sites for hydroxylation is 1. The van der Waals surface area contributed by atoms with Crippen molar-refractivity contribution in [2.24, 2.45) is 0 Å². The molecule has 3 rings (SSSR count). The van der Waals surface area contributed by atoms with Crippen molar-refractivity contribution in [2.75, 3.05) is 20.7 Å². The fourth-order valence-corrected chi connectivity index (χ4v) is 3.36. The molecule has 0 saturated heterocycles. The molecule has 0 aliphatic rings. The predicted molar refractivity (Wildman–Crippen MR) is 95.9 cm³/mol. The van der Waals surface area contributed by atoms with Crippen LogP contribution in [-0.2, 0) is 4.74 Å². The highest BCUT2D eigenvalue weighted by atomic mass is 19.1. The molecule has 3 nitrogen and oxygen atoms in total. The number of methoxy groups -OCH3 is 1. The summed E-state index contributed by atoms with van der Waals surface area (Å²) in [6.07, 6.45) is 2.04. The maximum atomic E-state index is 13.7. The zero-order valence-corrected chi connectivity index (χ0v) is 14.3. The smallest absolute Gasteiger partial charge is 0.123 e. The van der Waals surface area contributed by atoms with Crippen LogP contribution in [0.3, 0.4) is 0 Å². The fraction of sp³-hybridized carbons (Fsp3) is 0.300. The molecule has 0 spiro atoms. The van der Waals surface area contributed by atoms with Crippen LogP contribution >= 0.6 is 0 Å². The number of rotatable bonds is 6. The summed E-state index contributed by atoms with van der Waals surface area (Å²) in [5.41, 5.74) is 3.24. The Morgan fingerprint density at radius 1 is 1.17 bits per heavy atom. The summed E-state index contributed by atoms with van der Waals surface area (Å²) in [4.78, 5) is 0. The van der Waals surface area contributed by atoms with Crippen molar-refractivity contribution in [3.8, 4) is 0 Å². The van der Waals surface area contributed by atoms with Gasteiger partial charge in [-0.1, -0.05) is 30.3 Å². The quantitative estimate of drug-likeness (QED) is 0.743. The first-order valence-corrected chi connectivity index (χ1v) is 8.14. The second kappa shape index (κ2) is 7.16. The number of likely N-dealkylation sites (N-methyl/N-ethyl adjacent to an activating group) is 1.